The number of nitrogens with two attached hydrogens (primary N) is 1. The number of fused-ring (bicyclic) bond motifs is 1. The highest BCUT2D eigenvalue weighted by Gasteiger charge is 2.20. The Labute approximate surface area is 107 Å². The van der Waals surface area contributed by atoms with Gasteiger partial charge in [0.05, 0.1) is 5.52 Å². The minimum absolute atomic E-state index is 0.627. The molecule has 2 aromatic rings. The molecule has 0 fully saturated rings. The molecule has 17 heavy (non-hydrogen) atoms. The van der Waals surface area contributed by atoms with Gasteiger partial charge in [0.2, 0.25) is 0 Å². The highest BCUT2D eigenvalue weighted by atomic mass is 79.9. The number of carbonyl (C=O) groups is 1. The van der Waals surface area contributed by atoms with Gasteiger partial charge in [0, 0.05) is 22.1 Å². The van der Waals surface area contributed by atoms with E-state index in [1.807, 2.05) is 35.8 Å². The van der Waals surface area contributed by atoms with Crippen LogP contribution < -0.4 is 5.73 Å². The number of hydrogen-bond donors (Lipinski definition) is 2. The van der Waals surface area contributed by atoms with Crippen LogP contribution in [0.15, 0.2) is 28.7 Å². The maximum absolute atomic E-state index is 11.0. The summed E-state index contributed by atoms with van der Waals surface area (Å²) in [6.07, 6.45) is 0. The van der Waals surface area contributed by atoms with Crippen LogP contribution in [0, 0.1) is 0 Å². The van der Waals surface area contributed by atoms with Crippen LogP contribution >= 0.6 is 15.9 Å². The lowest BCUT2D eigenvalue weighted by molar-refractivity contribution is -0.138. The van der Waals surface area contributed by atoms with Gasteiger partial charge in [-0.25, -0.2) is 0 Å². The van der Waals surface area contributed by atoms with Gasteiger partial charge in [0.25, 0.3) is 0 Å². The summed E-state index contributed by atoms with van der Waals surface area (Å²) in [4.78, 5) is 11.0. The standard InChI is InChI=1S/C12H13BrN2O2/c1-2-15-9(10(14)12(16)17)6-7-4-3-5-8(13)11(7)15/h3-6,10H,2,14H2,1H3,(H,16,17). The second kappa shape index (κ2) is 4.50. The van der Waals surface area contributed by atoms with E-state index in [1.165, 1.54) is 0 Å². The molecule has 0 aliphatic rings. The number of para-hydroxylation sites is 1. The number of aliphatic carboxylic acids is 1. The van der Waals surface area contributed by atoms with Gasteiger partial charge in [-0.05, 0) is 35.0 Å². The Kier molecular flexibility index (Phi) is 3.22. The molecule has 5 heteroatoms. The van der Waals surface area contributed by atoms with Gasteiger partial charge in [-0.3, -0.25) is 4.79 Å². The molecule has 2 rings (SSSR count). The average molecular weight is 297 g/mol. The lowest BCUT2D eigenvalue weighted by atomic mass is 10.2. The van der Waals surface area contributed by atoms with E-state index in [2.05, 4.69) is 15.9 Å². The third kappa shape index (κ3) is 1.96. The molecule has 1 aromatic carbocycles. The van der Waals surface area contributed by atoms with Crippen LogP contribution in [-0.4, -0.2) is 15.6 Å². The van der Waals surface area contributed by atoms with Crippen molar-refractivity contribution in [2.24, 2.45) is 5.73 Å². The molecule has 1 atom stereocenters. The van der Waals surface area contributed by atoms with Gasteiger partial charge in [-0.2, -0.15) is 0 Å². The maximum atomic E-state index is 11.0. The van der Waals surface area contributed by atoms with E-state index in [4.69, 9.17) is 10.8 Å². The Balaban J connectivity index is 2.73. The summed E-state index contributed by atoms with van der Waals surface area (Å²) < 4.78 is 2.87. The van der Waals surface area contributed by atoms with E-state index in [-0.39, 0.29) is 0 Å². The second-order valence-electron chi connectivity index (χ2n) is 3.81. The van der Waals surface area contributed by atoms with Gasteiger partial charge in [0.1, 0.15) is 6.04 Å². The molecule has 0 bridgehead atoms. The number of nitrogens with zero attached hydrogens (tertiary/aromatic N) is 1. The minimum atomic E-state index is -1.02. The summed E-state index contributed by atoms with van der Waals surface area (Å²) in [5.41, 5.74) is 7.31. The van der Waals surface area contributed by atoms with Crippen molar-refractivity contribution in [1.82, 2.24) is 4.57 Å². The molecule has 90 valence electrons. The number of carboxylic acids is 1. The van der Waals surface area contributed by atoms with Gasteiger partial charge < -0.3 is 15.4 Å². The van der Waals surface area contributed by atoms with Crippen LogP contribution in [0.25, 0.3) is 10.9 Å². The fraction of sp³-hybridized carbons (Fsp3) is 0.250. The molecular formula is C12H13BrN2O2. The molecule has 3 N–H and O–H groups in total. The summed E-state index contributed by atoms with van der Waals surface area (Å²) in [6.45, 7) is 2.65. The van der Waals surface area contributed by atoms with Gasteiger partial charge in [-0.1, -0.05) is 12.1 Å². The van der Waals surface area contributed by atoms with Crippen molar-refractivity contribution >= 4 is 32.8 Å². The summed E-state index contributed by atoms with van der Waals surface area (Å²) in [7, 11) is 0. The molecule has 0 aliphatic heterocycles. The number of aromatic nitrogens is 1. The van der Waals surface area contributed by atoms with E-state index >= 15 is 0 Å². The minimum Gasteiger partial charge on any atom is -0.480 e. The Morgan fingerprint density at radius 1 is 1.59 bits per heavy atom. The number of aryl methyl sites for hydroxylation is 1. The average Bonchev–Trinajstić information content (AvgIpc) is 2.67. The topological polar surface area (TPSA) is 68.2 Å². The van der Waals surface area contributed by atoms with Crippen molar-refractivity contribution in [3.63, 3.8) is 0 Å². The Morgan fingerprint density at radius 2 is 2.29 bits per heavy atom. The smallest absolute Gasteiger partial charge is 0.326 e. The zero-order valence-electron chi connectivity index (χ0n) is 9.35. The molecule has 1 heterocycles. The van der Waals surface area contributed by atoms with Crippen molar-refractivity contribution in [1.29, 1.82) is 0 Å². The van der Waals surface area contributed by atoms with Crippen LogP contribution in [0.2, 0.25) is 0 Å². The normalized spacial score (nSPS) is 12.9. The van der Waals surface area contributed by atoms with Crippen LogP contribution in [-0.2, 0) is 11.3 Å². The first-order chi connectivity index (χ1) is 8.06. The number of hydrogen-bond acceptors (Lipinski definition) is 2. The molecular weight excluding hydrogens is 284 g/mol. The second-order valence-corrected chi connectivity index (χ2v) is 4.66. The first-order valence-electron chi connectivity index (χ1n) is 5.32. The highest BCUT2D eigenvalue weighted by molar-refractivity contribution is 9.10. The first-order valence-corrected chi connectivity index (χ1v) is 6.11. The molecule has 1 aromatic heterocycles. The number of benzene rings is 1. The molecule has 0 aliphatic carbocycles. The van der Waals surface area contributed by atoms with Crippen LogP contribution in [0.5, 0.6) is 0 Å². The van der Waals surface area contributed by atoms with Crippen LogP contribution in [0.3, 0.4) is 0 Å². The van der Waals surface area contributed by atoms with E-state index in [0.29, 0.717) is 12.2 Å². The van der Waals surface area contributed by atoms with Gasteiger partial charge in [0.15, 0.2) is 0 Å². The molecule has 1 unspecified atom stereocenters. The summed E-state index contributed by atoms with van der Waals surface area (Å²) in [5, 5.41) is 9.99. The van der Waals surface area contributed by atoms with E-state index < -0.39 is 12.0 Å². The van der Waals surface area contributed by atoms with Crippen molar-refractivity contribution in [3.05, 3.63) is 34.4 Å². The predicted molar refractivity (Wildman–Crippen MR) is 69.9 cm³/mol. The quantitative estimate of drug-likeness (QED) is 0.914. The van der Waals surface area contributed by atoms with E-state index in [9.17, 15) is 4.79 Å². The third-order valence-electron chi connectivity index (χ3n) is 2.80. The fourth-order valence-electron chi connectivity index (χ4n) is 2.02. The van der Waals surface area contributed by atoms with Crippen LogP contribution in [0.4, 0.5) is 0 Å². The number of halogens is 1. The zero-order valence-corrected chi connectivity index (χ0v) is 10.9. The summed E-state index contributed by atoms with van der Waals surface area (Å²) in [5.74, 6) is -1.02. The molecule has 0 spiro atoms. The fourth-order valence-corrected chi connectivity index (χ4v) is 2.62. The zero-order chi connectivity index (χ0) is 12.6. The molecule has 4 nitrogen and oxygen atoms in total. The monoisotopic (exact) mass is 296 g/mol. The van der Waals surface area contributed by atoms with Crippen molar-refractivity contribution in [2.45, 2.75) is 19.5 Å². The molecule has 0 saturated heterocycles. The SMILES string of the molecule is CCn1c(C(N)C(=O)O)cc2cccc(Br)c21. The number of carboxylic acid groups (broad SMARTS) is 1. The van der Waals surface area contributed by atoms with E-state index in [0.717, 1.165) is 15.4 Å². The van der Waals surface area contributed by atoms with Crippen molar-refractivity contribution in [3.8, 4) is 0 Å². The van der Waals surface area contributed by atoms with Gasteiger partial charge >= 0.3 is 5.97 Å². The Bertz CT molecular complexity index is 577. The predicted octanol–water partition coefficient (Wildman–Crippen LogP) is 2.51. The third-order valence-corrected chi connectivity index (χ3v) is 3.44. The lowest BCUT2D eigenvalue weighted by Gasteiger charge is -2.11. The molecule has 0 saturated carbocycles. The van der Waals surface area contributed by atoms with E-state index in [1.54, 1.807) is 0 Å². The Morgan fingerprint density at radius 3 is 2.88 bits per heavy atom. The molecule has 0 radical (unpaired) electrons. The summed E-state index contributed by atoms with van der Waals surface area (Å²) >= 11 is 3.48. The maximum Gasteiger partial charge on any atom is 0.326 e. The van der Waals surface area contributed by atoms with Crippen LogP contribution in [0.1, 0.15) is 18.7 Å². The highest BCUT2D eigenvalue weighted by Crippen LogP contribution is 2.29. The van der Waals surface area contributed by atoms with Crippen molar-refractivity contribution < 1.29 is 9.90 Å². The largest absolute Gasteiger partial charge is 0.480 e. The Hall–Kier alpha value is -1.33. The van der Waals surface area contributed by atoms with Gasteiger partial charge in [-0.15, -0.1) is 0 Å². The van der Waals surface area contributed by atoms with Crippen molar-refractivity contribution in [2.75, 3.05) is 0 Å². The molecule has 0 amide bonds. The summed E-state index contributed by atoms with van der Waals surface area (Å²) in [6, 6.07) is 6.65. The number of rotatable bonds is 3. The lowest BCUT2D eigenvalue weighted by Crippen LogP contribution is -2.23. The first kappa shape index (κ1) is 12.1.